The van der Waals surface area contributed by atoms with Crippen LogP contribution in [0, 0.1) is 19.3 Å². The maximum absolute atomic E-state index is 12.1. The van der Waals surface area contributed by atoms with Gasteiger partial charge >= 0.3 is 0 Å². The number of nitrogen functional groups attached to an aromatic ring is 1. The first-order valence-electron chi connectivity index (χ1n) is 5.29. The second kappa shape index (κ2) is 5.61. The van der Waals surface area contributed by atoms with E-state index in [1.807, 2.05) is 0 Å². The van der Waals surface area contributed by atoms with Crippen LogP contribution in [-0.4, -0.2) is 14.5 Å². The number of hydrogen-bond acceptors (Lipinski definition) is 3. The minimum Gasteiger partial charge on any atom is -0.398 e. The molecule has 0 aliphatic carbocycles. The lowest BCUT2D eigenvalue weighted by atomic mass is 10.2. The smallest absolute Gasteiger partial charge is 0.241 e. The largest absolute Gasteiger partial charge is 0.398 e. The number of nitrogens with one attached hydrogen (secondary N) is 1. The first kappa shape index (κ1) is 14.8. The van der Waals surface area contributed by atoms with E-state index >= 15 is 0 Å². The minimum absolute atomic E-state index is 0.0800. The Balaban J connectivity index is 3.18. The molecule has 1 aromatic carbocycles. The van der Waals surface area contributed by atoms with Gasteiger partial charge < -0.3 is 5.73 Å². The molecule has 0 saturated heterocycles. The molecule has 0 aliphatic heterocycles. The molecule has 1 aromatic rings. The lowest BCUT2D eigenvalue weighted by molar-refractivity contribution is 0.563. The zero-order valence-corrected chi connectivity index (χ0v) is 11.8. The third-order valence-electron chi connectivity index (χ3n) is 2.43. The molecule has 1 unspecified atom stereocenters. The van der Waals surface area contributed by atoms with Crippen molar-refractivity contribution in [1.82, 2.24) is 4.72 Å². The molecule has 0 aromatic heterocycles. The van der Waals surface area contributed by atoms with Crippen LogP contribution < -0.4 is 10.5 Å². The molecular formula is C12H15ClN2O2S. The third-order valence-corrected chi connectivity index (χ3v) is 4.37. The van der Waals surface area contributed by atoms with Crippen LogP contribution in [0.15, 0.2) is 17.0 Å². The SMILES string of the molecule is C#CCC(C)NS(=O)(=O)c1cc(Cl)cc(N)c1C. The van der Waals surface area contributed by atoms with Gasteiger partial charge in [-0.05, 0) is 31.5 Å². The maximum atomic E-state index is 12.1. The second-order valence-corrected chi connectivity index (χ2v) is 6.17. The molecule has 0 spiro atoms. The van der Waals surface area contributed by atoms with Crippen LogP contribution in [0.5, 0.6) is 0 Å². The summed E-state index contributed by atoms with van der Waals surface area (Å²) in [6, 6.07) is 2.54. The van der Waals surface area contributed by atoms with E-state index in [1.165, 1.54) is 12.1 Å². The lowest BCUT2D eigenvalue weighted by Crippen LogP contribution is -2.32. The Morgan fingerprint density at radius 2 is 2.17 bits per heavy atom. The summed E-state index contributed by atoms with van der Waals surface area (Å²) in [5.74, 6) is 2.40. The highest BCUT2D eigenvalue weighted by molar-refractivity contribution is 7.89. The number of halogens is 1. The van der Waals surface area contributed by atoms with Crippen molar-refractivity contribution >= 4 is 27.3 Å². The zero-order chi connectivity index (χ0) is 13.9. The van der Waals surface area contributed by atoms with Gasteiger partial charge in [-0.3, -0.25) is 0 Å². The van der Waals surface area contributed by atoms with Gasteiger partial charge in [-0.2, -0.15) is 0 Å². The van der Waals surface area contributed by atoms with Crippen molar-refractivity contribution in [2.24, 2.45) is 0 Å². The zero-order valence-electron chi connectivity index (χ0n) is 10.2. The summed E-state index contributed by atoms with van der Waals surface area (Å²) in [6.07, 6.45) is 5.45. The molecule has 0 saturated carbocycles. The van der Waals surface area contributed by atoms with E-state index in [0.717, 1.165) is 0 Å². The van der Waals surface area contributed by atoms with Gasteiger partial charge in [-0.25, -0.2) is 13.1 Å². The van der Waals surface area contributed by atoms with Gasteiger partial charge in [-0.1, -0.05) is 11.6 Å². The minimum atomic E-state index is -3.67. The molecule has 1 atom stereocenters. The van der Waals surface area contributed by atoms with E-state index in [9.17, 15) is 8.42 Å². The van der Waals surface area contributed by atoms with E-state index in [1.54, 1.807) is 13.8 Å². The summed E-state index contributed by atoms with van der Waals surface area (Å²) in [4.78, 5) is 0.0800. The number of hydrogen-bond donors (Lipinski definition) is 2. The lowest BCUT2D eigenvalue weighted by Gasteiger charge is -2.14. The molecule has 18 heavy (non-hydrogen) atoms. The van der Waals surface area contributed by atoms with Crippen LogP contribution in [0.25, 0.3) is 0 Å². The summed E-state index contributed by atoms with van der Waals surface area (Å²) in [6.45, 7) is 3.33. The Bertz CT molecular complexity index is 591. The number of benzene rings is 1. The molecular weight excluding hydrogens is 272 g/mol. The van der Waals surface area contributed by atoms with E-state index in [0.29, 0.717) is 17.7 Å². The number of terminal acetylenes is 1. The molecule has 0 bridgehead atoms. The molecule has 0 aliphatic rings. The fourth-order valence-corrected chi connectivity index (χ4v) is 3.33. The Morgan fingerprint density at radius 3 is 2.72 bits per heavy atom. The first-order chi connectivity index (χ1) is 8.27. The molecule has 0 radical (unpaired) electrons. The highest BCUT2D eigenvalue weighted by Gasteiger charge is 2.21. The van der Waals surface area contributed by atoms with Crippen LogP contribution in [0.4, 0.5) is 5.69 Å². The molecule has 3 N–H and O–H groups in total. The van der Waals surface area contributed by atoms with Crippen molar-refractivity contribution in [1.29, 1.82) is 0 Å². The first-order valence-corrected chi connectivity index (χ1v) is 7.15. The molecule has 0 fully saturated rings. The topological polar surface area (TPSA) is 72.2 Å². The average molecular weight is 287 g/mol. The predicted octanol–water partition coefficient (Wildman–Crippen LogP) is 1.92. The van der Waals surface area contributed by atoms with Crippen molar-refractivity contribution in [2.45, 2.75) is 31.2 Å². The van der Waals surface area contributed by atoms with Gasteiger partial charge in [0.2, 0.25) is 10.0 Å². The van der Waals surface area contributed by atoms with Crippen molar-refractivity contribution in [3.63, 3.8) is 0 Å². The predicted molar refractivity (Wildman–Crippen MR) is 73.8 cm³/mol. The molecule has 0 heterocycles. The monoisotopic (exact) mass is 286 g/mol. The molecule has 4 nitrogen and oxygen atoms in total. The number of anilines is 1. The van der Waals surface area contributed by atoms with Crippen molar-refractivity contribution in [3.8, 4) is 12.3 Å². The Morgan fingerprint density at radius 1 is 1.56 bits per heavy atom. The molecule has 1 rings (SSSR count). The van der Waals surface area contributed by atoms with Crippen LogP contribution in [0.3, 0.4) is 0 Å². The second-order valence-electron chi connectivity index (χ2n) is 4.05. The average Bonchev–Trinajstić information content (AvgIpc) is 2.22. The van der Waals surface area contributed by atoms with Gasteiger partial charge in [0.1, 0.15) is 0 Å². The summed E-state index contributed by atoms with van der Waals surface area (Å²) >= 11 is 5.82. The number of nitrogens with two attached hydrogens (primary N) is 1. The highest BCUT2D eigenvalue weighted by atomic mass is 35.5. The van der Waals surface area contributed by atoms with Gasteiger partial charge in [0.25, 0.3) is 0 Å². The van der Waals surface area contributed by atoms with Crippen molar-refractivity contribution < 1.29 is 8.42 Å². The van der Waals surface area contributed by atoms with Gasteiger partial charge in [0.05, 0.1) is 4.90 Å². The van der Waals surface area contributed by atoms with E-state index in [4.69, 9.17) is 23.8 Å². The Kier molecular flexibility index (Phi) is 4.63. The van der Waals surface area contributed by atoms with Crippen LogP contribution >= 0.6 is 11.6 Å². The van der Waals surface area contributed by atoms with Crippen LogP contribution in [-0.2, 0) is 10.0 Å². The van der Waals surface area contributed by atoms with Crippen LogP contribution in [0.1, 0.15) is 18.9 Å². The number of rotatable bonds is 4. The summed E-state index contributed by atoms with van der Waals surface area (Å²) in [5, 5.41) is 0.281. The molecule has 0 amide bonds. The molecule has 98 valence electrons. The highest BCUT2D eigenvalue weighted by Crippen LogP contribution is 2.26. The van der Waals surface area contributed by atoms with Crippen molar-refractivity contribution in [3.05, 3.63) is 22.7 Å². The normalized spacial score (nSPS) is 13.0. The van der Waals surface area contributed by atoms with Gasteiger partial charge in [0, 0.05) is 23.2 Å². The van der Waals surface area contributed by atoms with Crippen molar-refractivity contribution in [2.75, 3.05) is 5.73 Å². The summed E-state index contributed by atoms with van der Waals surface area (Å²) < 4.78 is 26.8. The van der Waals surface area contributed by atoms with E-state index in [-0.39, 0.29) is 16.0 Å². The fraction of sp³-hybridized carbons (Fsp3) is 0.333. The van der Waals surface area contributed by atoms with Gasteiger partial charge in [-0.15, -0.1) is 12.3 Å². The van der Waals surface area contributed by atoms with Crippen LogP contribution in [0.2, 0.25) is 5.02 Å². The summed E-state index contributed by atoms with van der Waals surface area (Å²) in [7, 11) is -3.67. The quantitative estimate of drug-likeness (QED) is 0.656. The Hall–Kier alpha value is -1.22. The van der Waals surface area contributed by atoms with E-state index in [2.05, 4.69) is 10.6 Å². The number of sulfonamides is 1. The molecule has 6 heteroatoms. The third kappa shape index (κ3) is 3.39. The Labute approximate surface area is 113 Å². The van der Waals surface area contributed by atoms with Gasteiger partial charge in [0.15, 0.2) is 0 Å². The fourth-order valence-electron chi connectivity index (χ4n) is 1.50. The maximum Gasteiger partial charge on any atom is 0.241 e. The standard InChI is InChI=1S/C12H15ClN2O2S/c1-4-5-8(2)15-18(16,17)12-7-10(13)6-11(14)9(12)3/h1,6-8,15H,5,14H2,2-3H3. The van der Waals surface area contributed by atoms with E-state index < -0.39 is 10.0 Å². The summed E-state index contributed by atoms with van der Waals surface area (Å²) in [5.41, 5.74) is 6.51.